The van der Waals surface area contributed by atoms with E-state index in [0.717, 1.165) is 17.6 Å². The molecule has 0 fully saturated rings. The van der Waals surface area contributed by atoms with Crippen molar-refractivity contribution < 1.29 is 13.8 Å². The van der Waals surface area contributed by atoms with Gasteiger partial charge in [0, 0.05) is 10.7 Å². The van der Waals surface area contributed by atoms with Gasteiger partial charge in [0.1, 0.15) is 10.9 Å². The highest BCUT2D eigenvalue weighted by molar-refractivity contribution is 7.94. The number of carbonyl (C=O) groups is 1. The van der Waals surface area contributed by atoms with E-state index in [0.29, 0.717) is 26.5 Å². The van der Waals surface area contributed by atoms with Gasteiger partial charge in [0.15, 0.2) is 6.23 Å². The van der Waals surface area contributed by atoms with Crippen LogP contribution in [0.1, 0.15) is 5.56 Å². The highest BCUT2D eigenvalue weighted by atomic mass is 35.5. The molecule has 8 nitrogen and oxygen atoms in total. The highest BCUT2D eigenvalue weighted by Crippen LogP contribution is 2.33. The van der Waals surface area contributed by atoms with Gasteiger partial charge in [-0.1, -0.05) is 52.7 Å². The van der Waals surface area contributed by atoms with E-state index in [-0.39, 0.29) is 12.3 Å². The van der Waals surface area contributed by atoms with Crippen LogP contribution in [0, 0.1) is 5.53 Å². The highest BCUT2D eigenvalue weighted by Gasteiger charge is 2.15. The summed E-state index contributed by atoms with van der Waals surface area (Å²) in [5.41, 5.74) is 10.1. The van der Waals surface area contributed by atoms with Crippen molar-refractivity contribution in [1.82, 2.24) is 10.9 Å². The average molecular weight is 466 g/mol. The van der Waals surface area contributed by atoms with Crippen LogP contribution in [-0.4, -0.2) is 12.1 Å². The molecule has 0 radical (unpaired) electrons. The van der Waals surface area contributed by atoms with Crippen LogP contribution >= 0.6 is 35.2 Å². The smallest absolute Gasteiger partial charge is 0.228 e. The maximum atomic E-state index is 12.4. The van der Waals surface area contributed by atoms with Crippen LogP contribution in [0.4, 0.5) is 5.69 Å². The van der Waals surface area contributed by atoms with Gasteiger partial charge >= 0.3 is 0 Å². The fraction of sp³-hybridized carbons (Fsp3) is 0.105. The molecule has 2 aromatic rings. The van der Waals surface area contributed by atoms with Crippen LogP contribution in [0.25, 0.3) is 0 Å². The summed E-state index contributed by atoms with van der Waals surface area (Å²) in [7, 11) is 0. The molecule has 0 aromatic heterocycles. The minimum atomic E-state index is -0.476. The fourth-order valence-electron chi connectivity index (χ4n) is 2.53. The zero-order chi connectivity index (χ0) is 21.3. The molecule has 30 heavy (non-hydrogen) atoms. The number of carbonyl (C=O) groups excluding carboxylic acids is 1. The second-order valence-corrected chi connectivity index (χ2v) is 7.52. The number of rotatable bonds is 9. The molecule has 1 aliphatic heterocycles. The van der Waals surface area contributed by atoms with Gasteiger partial charge in [-0.2, -0.15) is 15.4 Å². The first-order valence-corrected chi connectivity index (χ1v) is 10.1. The molecular weight excluding hydrogens is 449 g/mol. The third kappa shape index (κ3) is 6.39. The van der Waals surface area contributed by atoms with E-state index in [1.165, 1.54) is 0 Å². The first-order chi connectivity index (χ1) is 14.5. The Morgan fingerprint density at radius 3 is 2.87 bits per heavy atom. The normalized spacial score (nSPS) is 15.0. The number of hydrogen-bond donors (Lipinski definition) is 4. The van der Waals surface area contributed by atoms with Crippen LogP contribution in [0.15, 0.2) is 76.0 Å². The van der Waals surface area contributed by atoms with Crippen LogP contribution in [0.5, 0.6) is 5.75 Å². The fourth-order valence-corrected chi connectivity index (χ4v) is 3.45. The Bertz CT molecular complexity index is 986. The summed E-state index contributed by atoms with van der Waals surface area (Å²) >= 11 is 13.0. The maximum Gasteiger partial charge on any atom is 0.228 e. The second-order valence-electron chi connectivity index (χ2n) is 5.93. The van der Waals surface area contributed by atoms with Crippen LogP contribution < -0.4 is 21.0 Å². The molecule has 0 spiro atoms. The van der Waals surface area contributed by atoms with Gasteiger partial charge < -0.3 is 15.4 Å². The van der Waals surface area contributed by atoms with Gasteiger partial charge in [0.2, 0.25) is 5.91 Å². The molecule has 1 atom stereocenters. The van der Waals surface area contributed by atoms with E-state index in [1.807, 2.05) is 12.1 Å². The Morgan fingerprint density at radius 1 is 1.27 bits per heavy atom. The first kappa shape index (κ1) is 22.0. The van der Waals surface area contributed by atoms with Crippen LogP contribution in [0.2, 0.25) is 5.02 Å². The SMILES string of the molecule is N=NNOSc1cc(NC(=O)Cc2ccccc2Cl)ccc1OC1C=CC=C(Cl)N1. The van der Waals surface area contributed by atoms with Crippen molar-refractivity contribution in [1.29, 1.82) is 5.53 Å². The molecule has 0 aliphatic carbocycles. The molecule has 0 saturated carbocycles. The van der Waals surface area contributed by atoms with E-state index in [2.05, 4.69) is 21.4 Å². The van der Waals surface area contributed by atoms with Crippen molar-refractivity contribution in [3.8, 4) is 5.75 Å². The number of hydrogen-bond acceptors (Lipinski definition) is 7. The lowest BCUT2D eigenvalue weighted by atomic mass is 10.1. The zero-order valence-electron chi connectivity index (χ0n) is 15.4. The van der Waals surface area contributed by atoms with E-state index in [1.54, 1.807) is 48.6 Å². The Kier molecular flexibility index (Phi) is 7.97. The third-order valence-electron chi connectivity index (χ3n) is 3.81. The zero-order valence-corrected chi connectivity index (χ0v) is 17.7. The molecule has 2 aromatic carbocycles. The van der Waals surface area contributed by atoms with Gasteiger partial charge in [-0.15, -0.1) is 0 Å². The van der Waals surface area contributed by atoms with Gasteiger partial charge in [0.25, 0.3) is 0 Å². The molecular formula is C19H17Cl2N5O3S. The van der Waals surface area contributed by atoms with Crippen molar-refractivity contribution in [3.05, 3.63) is 76.4 Å². The Morgan fingerprint density at radius 2 is 2.10 bits per heavy atom. The molecule has 0 saturated heterocycles. The summed E-state index contributed by atoms with van der Waals surface area (Å²) in [4.78, 5) is 13.0. The average Bonchev–Trinajstić information content (AvgIpc) is 2.72. The van der Waals surface area contributed by atoms with Crippen molar-refractivity contribution >= 4 is 46.8 Å². The van der Waals surface area contributed by atoms with Gasteiger partial charge in [-0.3, -0.25) is 4.79 Å². The van der Waals surface area contributed by atoms with Crippen LogP contribution in [-0.2, 0) is 15.5 Å². The van der Waals surface area contributed by atoms with Gasteiger partial charge in [0.05, 0.1) is 23.4 Å². The summed E-state index contributed by atoms with van der Waals surface area (Å²) in [6.07, 6.45) is 4.93. The summed E-state index contributed by atoms with van der Waals surface area (Å²) in [6.45, 7) is 0. The quantitative estimate of drug-likeness (QED) is 0.137. The largest absolute Gasteiger partial charge is 0.466 e. The number of nitrogens with zero attached hydrogens (tertiary/aromatic N) is 1. The second kappa shape index (κ2) is 10.9. The number of dihydropyridines is 1. The number of benzene rings is 2. The lowest BCUT2D eigenvalue weighted by Gasteiger charge is -2.21. The molecule has 1 unspecified atom stereocenters. The Hall–Kier alpha value is -2.72. The van der Waals surface area contributed by atoms with E-state index >= 15 is 0 Å². The van der Waals surface area contributed by atoms with Crippen molar-refractivity contribution in [2.45, 2.75) is 17.5 Å². The predicted molar refractivity (Wildman–Crippen MR) is 116 cm³/mol. The molecule has 1 amide bonds. The summed E-state index contributed by atoms with van der Waals surface area (Å²) in [5.74, 6) is 0.256. The molecule has 11 heteroatoms. The molecule has 1 aliphatic rings. The Labute approximate surface area is 187 Å². The lowest BCUT2D eigenvalue weighted by Crippen LogP contribution is -2.32. The first-order valence-electron chi connectivity index (χ1n) is 8.64. The standard InChI is InChI=1S/C19H17Cl2N5O3S/c20-14-5-2-1-4-12(14)10-18(27)23-13-8-9-15(16(11-13)30-29-26-25-22)28-19-7-3-6-17(21)24-19/h1-9,11,19,24H,10H2,(H2,22,26)(H,23,27). The predicted octanol–water partition coefficient (Wildman–Crippen LogP) is 4.94. The van der Waals surface area contributed by atoms with E-state index in [9.17, 15) is 4.79 Å². The molecule has 1 heterocycles. The maximum absolute atomic E-state index is 12.4. The topological polar surface area (TPSA) is 108 Å². The number of nitrogens with one attached hydrogen (secondary N) is 4. The minimum absolute atomic E-state index is 0.137. The van der Waals surface area contributed by atoms with E-state index < -0.39 is 6.23 Å². The van der Waals surface area contributed by atoms with E-state index in [4.69, 9.17) is 37.8 Å². The van der Waals surface area contributed by atoms with Crippen molar-refractivity contribution in [2.24, 2.45) is 5.22 Å². The summed E-state index contributed by atoms with van der Waals surface area (Å²) in [6, 6.07) is 12.2. The molecule has 3 rings (SSSR count). The number of ether oxygens (including phenoxy) is 1. The van der Waals surface area contributed by atoms with Gasteiger partial charge in [-0.05, 0) is 42.0 Å². The Balaban J connectivity index is 1.71. The summed E-state index contributed by atoms with van der Waals surface area (Å²) in [5, 5.41) is 9.69. The number of anilines is 1. The van der Waals surface area contributed by atoms with Crippen molar-refractivity contribution in [2.75, 3.05) is 5.32 Å². The molecule has 156 valence electrons. The third-order valence-corrected chi connectivity index (χ3v) is 5.07. The lowest BCUT2D eigenvalue weighted by molar-refractivity contribution is -0.115. The summed E-state index contributed by atoms with van der Waals surface area (Å²) < 4.78 is 10.9. The minimum Gasteiger partial charge on any atom is -0.466 e. The molecule has 4 N–H and O–H groups in total. The van der Waals surface area contributed by atoms with Gasteiger partial charge in [-0.25, -0.2) is 0 Å². The number of halogens is 2. The van der Waals surface area contributed by atoms with Crippen LogP contribution in [0.3, 0.4) is 0 Å². The van der Waals surface area contributed by atoms with Crippen molar-refractivity contribution in [3.63, 3.8) is 0 Å². The number of allylic oxidation sites excluding steroid dienone is 2. The number of amides is 1. The monoisotopic (exact) mass is 465 g/mol. The molecule has 0 bridgehead atoms.